The van der Waals surface area contributed by atoms with E-state index in [1.807, 2.05) is 0 Å². The fourth-order valence-electron chi connectivity index (χ4n) is 1.89. The summed E-state index contributed by atoms with van der Waals surface area (Å²) in [5.41, 5.74) is 0.0751. The summed E-state index contributed by atoms with van der Waals surface area (Å²) in [4.78, 5) is 46.7. The molecular weight excluding hydrogens is 303 g/mol. The van der Waals surface area contributed by atoms with E-state index in [4.69, 9.17) is 0 Å². The molecule has 0 spiro atoms. The molecular formula is C16H23FN2O4. The number of halogens is 1. The lowest BCUT2D eigenvalue weighted by Crippen LogP contribution is -2.47. The van der Waals surface area contributed by atoms with Crippen LogP contribution in [-0.2, 0) is 19.2 Å². The van der Waals surface area contributed by atoms with Crippen molar-refractivity contribution in [1.29, 1.82) is 0 Å². The lowest BCUT2D eigenvalue weighted by molar-refractivity contribution is -0.136. The summed E-state index contributed by atoms with van der Waals surface area (Å²) in [5.74, 6) is -1.40. The third kappa shape index (κ3) is 6.99. The first-order chi connectivity index (χ1) is 10.9. The molecule has 0 aliphatic rings. The molecule has 2 amide bonds. The number of allylic oxidation sites excluding steroid dienone is 3. The fourth-order valence-corrected chi connectivity index (χ4v) is 1.89. The predicted molar refractivity (Wildman–Crippen MR) is 84.2 cm³/mol. The van der Waals surface area contributed by atoms with Crippen molar-refractivity contribution < 1.29 is 23.6 Å². The van der Waals surface area contributed by atoms with E-state index in [1.165, 1.54) is 20.2 Å². The molecule has 0 radical (unpaired) electrons. The molecule has 0 fully saturated rings. The van der Waals surface area contributed by atoms with Gasteiger partial charge in [-0.25, -0.2) is 4.39 Å². The Labute approximate surface area is 135 Å². The summed E-state index contributed by atoms with van der Waals surface area (Å²) in [6.45, 7) is 1.62. The summed E-state index contributed by atoms with van der Waals surface area (Å²) in [5, 5.41) is 2.43. The first-order valence-corrected chi connectivity index (χ1v) is 7.34. The topological polar surface area (TPSA) is 83.6 Å². The maximum atomic E-state index is 13.2. The van der Waals surface area contributed by atoms with Crippen LogP contribution in [0.3, 0.4) is 0 Å². The first-order valence-electron chi connectivity index (χ1n) is 7.34. The highest BCUT2D eigenvalue weighted by molar-refractivity contribution is 5.98. The third-order valence-electron chi connectivity index (χ3n) is 3.28. The molecule has 0 heterocycles. The van der Waals surface area contributed by atoms with E-state index < -0.39 is 23.7 Å². The van der Waals surface area contributed by atoms with E-state index in [2.05, 4.69) is 5.32 Å². The van der Waals surface area contributed by atoms with Gasteiger partial charge in [-0.15, -0.1) is 0 Å². The van der Waals surface area contributed by atoms with Gasteiger partial charge in [0.2, 0.25) is 5.91 Å². The van der Waals surface area contributed by atoms with Crippen LogP contribution in [0.4, 0.5) is 4.39 Å². The van der Waals surface area contributed by atoms with Gasteiger partial charge in [0.15, 0.2) is 0 Å². The van der Waals surface area contributed by atoms with Gasteiger partial charge < -0.3 is 19.8 Å². The van der Waals surface area contributed by atoms with Gasteiger partial charge in [0, 0.05) is 32.5 Å². The molecule has 0 aliphatic carbocycles. The van der Waals surface area contributed by atoms with Crippen LogP contribution in [0.15, 0.2) is 23.6 Å². The smallest absolute Gasteiger partial charge is 0.250 e. The number of nitrogens with zero attached hydrogens (tertiary/aromatic N) is 1. The molecule has 1 N–H and O–H groups in total. The first kappa shape index (κ1) is 20.7. The predicted octanol–water partition coefficient (Wildman–Crippen LogP) is 1.32. The Balaban J connectivity index is 5.39. The van der Waals surface area contributed by atoms with Crippen molar-refractivity contribution in [1.82, 2.24) is 10.2 Å². The molecule has 0 aliphatic heterocycles. The van der Waals surface area contributed by atoms with E-state index in [1.54, 1.807) is 6.92 Å². The van der Waals surface area contributed by atoms with E-state index in [9.17, 15) is 23.6 Å². The number of carbonyl (C=O) groups is 4. The number of aldehydes is 2. The third-order valence-corrected chi connectivity index (χ3v) is 3.28. The molecule has 6 nitrogen and oxygen atoms in total. The van der Waals surface area contributed by atoms with E-state index in [-0.39, 0.29) is 31.3 Å². The van der Waals surface area contributed by atoms with Gasteiger partial charge in [-0.2, -0.15) is 0 Å². The molecule has 128 valence electrons. The van der Waals surface area contributed by atoms with Gasteiger partial charge in [-0.05, 0) is 18.9 Å². The summed E-state index contributed by atoms with van der Waals surface area (Å²) < 4.78 is 13.2. The SMILES string of the molecule is CC/C(F)=C\C=C(/CC=O)C(=O)N(C)C(CCC=O)C(=O)NC. The van der Waals surface area contributed by atoms with E-state index in [0.717, 1.165) is 11.0 Å². The maximum Gasteiger partial charge on any atom is 0.250 e. The average Bonchev–Trinajstić information content (AvgIpc) is 2.57. The fraction of sp³-hybridized carbons (Fsp3) is 0.500. The lowest BCUT2D eigenvalue weighted by Gasteiger charge is -2.27. The van der Waals surface area contributed by atoms with Crippen LogP contribution in [0.25, 0.3) is 0 Å². The van der Waals surface area contributed by atoms with Crippen molar-refractivity contribution in [2.75, 3.05) is 14.1 Å². The number of hydrogen-bond acceptors (Lipinski definition) is 4. The molecule has 0 aromatic heterocycles. The van der Waals surface area contributed by atoms with Crippen LogP contribution in [0, 0.1) is 0 Å². The Morgan fingerprint density at radius 2 is 1.87 bits per heavy atom. The highest BCUT2D eigenvalue weighted by atomic mass is 19.1. The van der Waals surface area contributed by atoms with Crippen molar-refractivity contribution in [3.8, 4) is 0 Å². The summed E-state index contributed by atoms with van der Waals surface area (Å²) in [6, 6.07) is -0.840. The van der Waals surface area contributed by atoms with Gasteiger partial charge in [-0.3, -0.25) is 9.59 Å². The Morgan fingerprint density at radius 1 is 1.22 bits per heavy atom. The van der Waals surface area contributed by atoms with Crippen LogP contribution in [0.1, 0.15) is 32.6 Å². The summed E-state index contributed by atoms with van der Waals surface area (Å²) in [6.07, 6.45) is 3.84. The highest BCUT2D eigenvalue weighted by Crippen LogP contribution is 2.13. The van der Waals surface area contributed by atoms with Crippen molar-refractivity contribution in [2.24, 2.45) is 0 Å². The Bertz CT molecular complexity index is 500. The normalized spacial score (nSPS) is 13.2. The maximum absolute atomic E-state index is 13.2. The van der Waals surface area contributed by atoms with Crippen molar-refractivity contribution >= 4 is 24.4 Å². The Kier molecular flexibility index (Phi) is 10.1. The molecule has 23 heavy (non-hydrogen) atoms. The monoisotopic (exact) mass is 326 g/mol. The number of likely N-dealkylation sites (N-methyl/N-ethyl adjacent to an activating group) is 2. The summed E-state index contributed by atoms with van der Waals surface area (Å²) in [7, 11) is 2.83. The molecule has 0 aromatic rings. The number of carbonyl (C=O) groups excluding carboxylic acids is 4. The molecule has 0 bridgehead atoms. The molecule has 0 rings (SSSR count). The van der Waals surface area contributed by atoms with Crippen molar-refractivity contribution in [3.63, 3.8) is 0 Å². The zero-order valence-corrected chi connectivity index (χ0v) is 13.7. The van der Waals surface area contributed by atoms with Crippen molar-refractivity contribution in [3.05, 3.63) is 23.6 Å². The quantitative estimate of drug-likeness (QED) is 0.373. The van der Waals surface area contributed by atoms with Gasteiger partial charge in [-0.1, -0.05) is 13.0 Å². The molecule has 0 aromatic carbocycles. The molecule has 7 heteroatoms. The minimum absolute atomic E-state index is 0.0751. The Hall–Kier alpha value is -2.31. The van der Waals surface area contributed by atoms with Gasteiger partial charge in [0.25, 0.3) is 5.91 Å². The zero-order valence-electron chi connectivity index (χ0n) is 13.7. The van der Waals surface area contributed by atoms with Gasteiger partial charge in [0.1, 0.15) is 18.6 Å². The molecule has 0 saturated heterocycles. The highest BCUT2D eigenvalue weighted by Gasteiger charge is 2.27. The van der Waals surface area contributed by atoms with Crippen molar-refractivity contribution in [2.45, 2.75) is 38.6 Å². The average molecular weight is 326 g/mol. The van der Waals surface area contributed by atoms with E-state index >= 15 is 0 Å². The van der Waals surface area contributed by atoms with Crippen LogP contribution in [0.5, 0.6) is 0 Å². The number of nitrogens with one attached hydrogen (secondary N) is 1. The second-order valence-electron chi connectivity index (χ2n) is 4.82. The van der Waals surface area contributed by atoms with Crippen LogP contribution < -0.4 is 5.32 Å². The minimum Gasteiger partial charge on any atom is -0.357 e. The van der Waals surface area contributed by atoms with Crippen LogP contribution in [-0.4, -0.2) is 49.4 Å². The van der Waals surface area contributed by atoms with Crippen LogP contribution >= 0.6 is 0 Å². The van der Waals surface area contributed by atoms with E-state index in [0.29, 0.717) is 12.6 Å². The van der Waals surface area contributed by atoms with Gasteiger partial charge in [0.05, 0.1) is 5.83 Å². The molecule has 1 unspecified atom stereocenters. The largest absolute Gasteiger partial charge is 0.357 e. The van der Waals surface area contributed by atoms with Crippen LogP contribution in [0.2, 0.25) is 0 Å². The number of amides is 2. The second kappa shape index (κ2) is 11.3. The molecule has 1 atom stereocenters. The second-order valence-corrected chi connectivity index (χ2v) is 4.82. The lowest BCUT2D eigenvalue weighted by atomic mass is 10.1. The standard InChI is InChI=1S/C16H23FN2O4/c1-4-13(17)8-7-12(9-11-21)16(23)19(3)14(6-5-10-20)15(22)18-2/h7-8,10-11,14H,4-6,9H2,1-3H3,(H,18,22)/b12-7+,13-8+. The number of hydrogen-bond donors (Lipinski definition) is 1. The van der Waals surface area contributed by atoms with Gasteiger partial charge >= 0.3 is 0 Å². The number of rotatable bonds is 10. The zero-order chi connectivity index (χ0) is 17.8. The Morgan fingerprint density at radius 3 is 2.35 bits per heavy atom. The minimum atomic E-state index is -0.840. The molecule has 0 saturated carbocycles. The summed E-state index contributed by atoms with van der Waals surface area (Å²) >= 11 is 0.